The number of nitrogens with zero attached hydrogens (tertiary/aromatic N) is 15. The lowest BCUT2D eigenvalue weighted by molar-refractivity contribution is 1.17. The minimum absolute atomic E-state index is 0.613. The molecular formula is C127H85N15. The summed E-state index contributed by atoms with van der Waals surface area (Å²) >= 11 is 0. The van der Waals surface area contributed by atoms with Gasteiger partial charge in [0.2, 0.25) is 0 Å². The molecule has 0 atom stereocenters. The Morgan fingerprint density at radius 2 is 0.352 bits per heavy atom. The monoisotopic (exact) mass is 1820 g/mol. The van der Waals surface area contributed by atoms with E-state index in [0.29, 0.717) is 17.5 Å². The first-order chi connectivity index (χ1) is 70.3. The van der Waals surface area contributed by atoms with Crippen molar-refractivity contribution in [2.75, 3.05) is 0 Å². The van der Waals surface area contributed by atoms with Crippen molar-refractivity contribution >= 4 is 10.8 Å². The van der Waals surface area contributed by atoms with Gasteiger partial charge in [0.25, 0.3) is 0 Å². The third kappa shape index (κ3) is 20.2. The average molecular weight is 1820 g/mol. The van der Waals surface area contributed by atoms with E-state index in [2.05, 4.69) is 264 Å². The second-order valence-corrected chi connectivity index (χ2v) is 33.8. The summed E-state index contributed by atoms with van der Waals surface area (Å²) in [7, 11) is 0. The number of hydrogen-bond acceptors (Lipinski definition) is 15. The summed E-state index contributed by atoms with van der Waals surface area (Å²) in [6.45, 7) is 0. The zero-order valence-electron chi connectivity index (χ0n) is 76.8. The molecule has 0 spiro atoms. The van der Waals surface area contributed by atoms with Gasteiger partial charge in [0.15, 0.2) is 17.5 Å². The molecule has 12 aromatic heterocycles. The van der Waals surface area contributed by atoms with Crippen molar-refractivity contribution in [2.45, 2.75) is 0 Å². The zero-order valence-corrected chi connectivity index (χ0v) is 76.8. The van der Waals surface area contributed by atoms with Gasteiger partial charge in [0, 0.05) is 87.3 Å². The van der Waals surface area contributed by atoms with Crippen LogP contribution in [0.2, 0.25) is 0 Å². The van der Waals surface area contributed by atoms with E-state index < -0.39 is 0 Å². The van der Waals surface area contributed by atoms with Crippen molar-refractivity contribution in [1.82, 2.24) is 74.8 Å². The fourth-order valence-electron chi connectivity index (χ4n) is 17.2. The Kier molecular flexibility index (Phi) is 25.6. The van der Waals surface area contributed by atoms with Crippen molar-refractivity contribution < 1.29 is 0 Å². The van der Waals surface area contributed by atoms with Crippen LogP contribution in [-0.2, 0) is 0 Å². The first-order valence-corrected chi connectivity index (χ1v) is 46.8. The smallest absolute Gasteiger partial charge is 0.161 e. The molecule has 24 rings (SSSR count). The standard InChI is InChI=1S/2C43H29N5.C41H27N5/c1-4-14-30(15-5-1)35-20-10-11-21-36(35)34-26-41(37-22-12-13-25-44-37)46-42(27-34)38-24-23-33(29-45-38)43-47-39(31-16-6-2-7-17-31)28-40(48-43)32-18-8-3-9-19-32;1-4-13-30(14-5-1)33-19-12-20-34(25-33)36-26-41(37-21-10-11-24-44-37)46-42(27-36)38-23-22-35(29-45-38)43-47-39(31-15-6-2-7-16-31)28-40(48-43)32-17-8-3-9-18-32;1-3-12-29(13-4-1)37-26-38(30-14-5-2-6-15-30)46-41(45-37)33-20-21-36(43-27-33)40-25-34(24-39(44-40)35-17-9-10-22-42-35)32-19-18-28-11-7-8-16-31(28)23-32/h2*1-29H;1-27H. The van der Waals surface area contributed by atoms with E-state index in [1.165, 1.54) is 16.3 Å². The minimum Gasteiger partial charge on any atom is -0.255 e. The second-order valence-electron chi connectivity index (χ2n) is 33.8. The second kappa shape index (κ2) is 41.4. The quantitative estimate of drug-likeness (QED) is 0.0699. The van der Waals surface area contributed by atoms with E-state index in [9.17, 15) is 0 Å². The molecule has 0 saturated heterocycles. The van der Waals surface area contributed by atoms with Gasteiger partial charge in [-0.25, -0.2) is 44.9 Å². The van der Waals surface area contributed by atoms with Crippen molar-refractivity contribution in [2.24, 2.45) is 0 Å². The topological polar surface area (TPSA) is 193 Å². The van der Waals surface area contributed by atoms with Gasteiger partial charge in [-0.05, 0) is 206 Å². The molecule has 15 heteroatoms. The van der Waals surface area contributed by atoms with Gasteiger partial charge in [-0.3, -0.25) is 29.9 Å². The minimum atomic E-state index is 0.613. The van der Waals surface area contributed by atoms with Crippen LogP contribution in [0.1, 0.15) is 0 Å². The number of fused-ring (bicyclic) bond motifs is 1. The molecule has 0 unspecified atom stereocenters. The summed E-state index contributed by atoms with van der Waals surface area (Å²) in [6, 6.07) is 162. The Balaban J connectivity index is 0.000000122. The molecule has 0 aliphatic carbocycles. The molecule has 12 heterocycles. The van der Waals surface area contributed by atoms with Gasteiger partial charge in [-0.1, -0.05) is 340 Å². The lowest BCUT2D eigenvalue weighted by Crippen LogP contribution is -1.97. The highest BCUT2D eigenvalue weighted by Crippen LogP contribution is 2.41. The normalized spacial score (nSPS) is 11.0. The number of rotatable bonds is 20. The molecule has 668 valence electrons. The molecule has 0 saturated carbocycles. The van der Waals surface area contributed by atoms with E-state index in [0.717, 1.165) is 203 Å². The van der Waals surface area contributed by atoms with E-state index in [4.69, 9.17) is 59.8 Å². The Hall–Kier alpha value is -19.5. The van der Waals surface area contributed by atoms with E-state index in [-0.39, 0.29) is 0 Å². The number of pyridine rings is 9. The van der Waals surface area contributed by atoms with Gasteiger partial charge in [0.05, 0.1) is 102 Å². The zero-order chi connectivity index (χ0) is 95.0. The molecular weight excluding hydrogens is 1740 g/mol. The van der Waals surface area contributed by atoms with Gasteiger partial charge in [0.1, 0.15) is 0 Å². The largest absolute Gasteiger partial charge is 0.255 e. The SMILES string of the molecule is c1ccc(-c2cc(-c3ccccc3)nc(-c3ccc(-c4cc(-c5ccc6ccccc6c5)cc(-c5ccccn5)n4)nc3)n2)cc1.c1ccc(-c2cc(-c3ccccc3)nc(-c3ccc(-c4cc(-c5ccccc5-c5ccccc5)cc(-c5ccccn5)n4)nc3)n2)cc1.c1ccc(-c2cccc(-c3cc(-c4ccccn4)nc(-c4ccc(-c5nc(-c6ccccc6)cc(-c6ccccc6)n5)cn4)c3)c2)cc1. The van der Waals surface area contributed by atoms with Crippen LogP contribution in [0.4, 0.5) is 0 Å². The number of hydrogen-bond donors (Lipinski definition) is 0. The van der Waals surface area contributed by atoms with Crippen LogP contribution < -0.4 is 0 Å². The Bertz CT molecular complexity index is 8320. The molecule has 0 fully saturated rings. The van der Waals surface area contributed by atoms with Crippen molar-refractivity contribution in [3.05, 3.63) is 516 Å². The summed E-state index contributed by atoms with van der Waals surface area (Å²) in [5.41, 5.74) is 34.2. The average Bonchev–Trinajstić information content (AvgIpc) is 0.776. The van der Waals surface area contributed by atoms with Gasteiger partial charge >= 0.3 is 0 Å². The lowest BCUT2D eigenvalue weighted by atomic mass is 9.93. The summed E-state index contributed by atoms with van der Waals surface area (Å²) in [5.74, 6) is 1.84. The van der Waals surface area contributed by atoms with E-state index in [1.807, 2.05) is 249 Å². The lowest BCUT2D eigenvalue weighted by Gasteiger charge is -2.13. The van der Waals surface area contributed by atoms with Gasteiger partial charge in [-0.2, -0.15) is 0 Å². The fourth-order valence-corrected chi connectivity index (χ4v) is 17.2. The Morgan fingerprint density at radius 1 is 0.106 bits per heavy atom. The molecule has 15 nitrogen and oxygen atoms in total. The van der Waals surface area contributed by atoms with Crippen LogP contribution in [0, 0.1) is 0 Å². The molecule has 12 aromatic carbocycles. The van der Waals surface area contributed by atoms with Gasteiger partial charge < -0.3 is 0 Å². The van der Waals surface area contributed by atoms with Crippen molar-refractivity contribution in [3.63, 3.8) is 0 Å². The van der Waals surface area contributed by atoms with Crippen LogP contribution >= 0.6 is 0 Å². The molecule has 0 amide bonds. The molecule has 0 radical (unpaired) electrons. The summed E-state index contributed by atoms with van der Waals surface area (Å²) in [5, 5.41) is 2.39. The van der Waals surface area contributed by atoms with Crippen LogP contribution in [-0.4, -0.2) is 74.8 Å². The van der Waals surface area contributed by atoms with Crippen LogP contribution in [0.25, 0.3) is 236 Å². The summed E-state index contributed by atoms with van der Waals surface area (Å²) < 4.78 is 0. The molecule has 24 aromatic rings. The third-order valence-corrected chi connectivity index (χ3v) is 24.4. The Morgan fingerprint density at radius 3 is 0.662 bits per heavy atom. The number of benzene rings is 12. The highest BCUT2D eigenvalue weighted by atomic mass is 14.9. The number of aromatic nitrogens is 15. The maximum Gasteiger partial charge on any atom is 0.161 e. The first kappa shape index (κ1) is 87.8. The Labute approximate surface area is 822 Å². The first-order valence-electron chi connectivity index (χ1n) is 46.8. The van der Waals surface area contributed by atoms with Crippen molar-refractivity contribution in [3.8, 4) is 226 Å². The highest BCUT2D eigenvalue weighted by Gasteiger charge is 2.22. The molecule has 0 aliphatic heterocycles. The van der Waals surface area contributed by atoms with E-state index >= 15 is 0 Å². The predicted molar refractivity (Wildman–Crippen MR) is 572 cm³/mol. The fraction of sp³-hybridized carbons (Fsp3) is 0. The third-order valence-electron chi connectivity index (χ3n) is 24.4. The van der Waals surface area contributed by atoms with E-state index in [1.54, 1.807) is 18.6 Å². The predicted octanol–water partition coefficient (Wildman–Crippen LogP) is 30.5. The maximum absolute atomic E-state index is 5.06. The highest BCUT2D eigenvalue weighted by molar-refractivity contribution is 5.91. The molecule has 0 N–H and O–H groups in total. The van der Waals surface area contributed by atoms with Crippen LogP contribution in [0.3, 0.4) is 0 Å². The molecule has 0 bridgehead atoms. The van der Waals surface area contributed by atoms with Crippen LogP contribution in [0.15, 0.2) is 516 Å². The summed E-state index contributed by atoms with van der Waals surface area (Å²) in [4.78, 5) is 73.4. The van der Waals surface area contributed by atoms with Gasteiger partial charge in [-0.15, -0.1) is 0 Å². The summed E-state index contributed by atoms with van der Waals surface area (Å²) in [6.07, 6.45) is 10.9. The molecule has 0 aliphatic rings. The van der Waals surface area contributed by atoms with Crippen LogP contribution in [0.5, 0.6) is 0 Å². The van der Waals surface area contributed by atoms with Crippen molar-refractivity contribution in [1.29, 1.82) is 0 Å². The maximum atomic E-state index is 5.06. The molecule has 142 heavy (non-hydrogen) atoms.